The summed E-state index contributed by atoms with van der Waals surface area (Å²) in [5.74, 6) is 1.80. The second-order valence-electron chi connectivity index (χ2n) is 7.05. The molecule has 0 aromatic heterocycles. The molecule has 4 nitrogen and oxygen atoms in total. The molecular weight excluding hydrogens is 336 g/mol. The van der Waals surface area contributed by atoms with Crippen LogP contribution in [0.25, 0.3) is 0 Å². The van der Waals surface area contributed by atoms with Gasteiger partial charge in [-0.2, -0.15) is 0 Å². The van der Waals surface area contributed by atoms with Crippen molar-refractivity contribution in [3.8, 4) is 11.5 Å². The number of rotatable bonds is 10. The summed E-state index contributed by atoms with van der Waals surface area (Å²) >= 11 is 0. The van der Waals surface area contributed by atoms with Gasteiger partial charge in [-0.15, -0.1) is 0 Å². The van der Waals surface area contributed by atoms with Crippen LogP contribution in [0, 0.1) is 0 Å². The van der Waals surface area contributed by atoms with E-state index in [1.54, 1.807) is 14.2 Å². The predicted octanol–water partition coefficient (Wildman–Crippen LogP) is 5.13. The van der Waals surface area contributed by atoms with Gasteiger partial charge in [-0.1, -0.05) is 38.1 Å². The van der Waals surface area contributed by atoms with Gasteiger partial charge in [0.25, 0.3) is 0 Å². The minimum atomic E-state index is 0.381. The second-order valence-corrected chi connectivity index (χ2v) is 7.05. The minimum absolute atomic E-state index is 0.381. The molecule has 2 aromatic rings. The fourth-order valence-corrected chi connectivity index (χ4v) is 3.80. The lowest BCUT2D eigenvalue weighted by Gasteiger charge is -2.35. The van der Waals surface area contributed by atoms with Crippen LogP contribution < -0.4 is 9.47 Å². The van der Waals surface area contributed by atoms with Crippen molar-refractivity contribution in [3.63, 3.8) is 0 Å². The Balaban J connectivity index is 2.08. The zero-order chi connectivity index (χ0) is 19.8. The number of benzene rings is 2. The van der Waals surface area contributed by atoms with Crippen molar-refractivity contribution in [2.24, 2.45) is 0 Å². The smallest absolute Gasteiger partial charge is 0.118 e. The molecule has 2 atom stereocenters. The number of hydrogen-bond acceptors (Lipinski definition) is 4. The SMILES string of the molecule is CCC(c1ccc(OC)cc1)N(C)CN(C)C(CC)c1ccc(OC)cc1. The summed E-state index contributed by atoms with van der Waals surface area (Å²) in [7, 11) is 7.82. The van der Waals surface area contributed by atoms with Gasteiger partial charge in [0.2, 0.25) is 0 Å². The number of nitrogens with zero attached hydrogens (tertiary/aromatic N) is 2. The van der Waals surface area contributed by atoms with Crippen LogP contribution in [0.2, 0.25) is 0 Å². The molecule has 0 aliphatic rings. The highest BCUT2D eigenvalue weighted by atomic mass is 16.5. The monoisotopic (exact) mass is 370 g/mol. The summed E-state index contributed by atoms with van der Waals surface area (Å²) in [6, 6.07) is 17.6. The molecule has 4 heteroatoms. The van der Waals surface area contributed by atoms with Crippen molar-refractivity contribution < 1.29 is 9.47 Å². The van der Waals surface area contributed by atoms with E-state index in [9.17, 15) is 0 Å². The Morgan fingerprint density at radius 1 is 0.667 bits per heavy atom. The first-order valence-corrected chi connectivity index (χ1v) is 9.72. The molecule has 148 valence electrons. The minimum Gasteiger partial charge on any atom is -0.497 e. The van der Waals surface area contributed by atoms with Crippen molar-refractivity contribution in [1.29, 1.82) is 0 Å². The molecule has 0 heterocycles. The Morgan fingerprint density at radius 3 is 1.26 bits per heavy atom. The topological polar surface area (TPSA) is 24.9 Å². The highest BCUT2D eigenvalue weighted by Gasteiger charge is 2.21. The second kappa shape index (κ2) is 10.3. The summed E-state index contributed by atoms with van der Waals surface area (Å²) < 4.78 is 10.6. The fourth-order valence-electron chi connectivity index (χ4n) is 3.80. The molecule has 2 unspecified atom stereocenters. The van der Waals surface area contributed by atoms with Gasteiger partial charge in [0.1, 0.15) is 11.5 Å². The van der Waals surface area contributed by atoms with E-state index in [-0.39, 0.29) is 0 Å². The average Bonchev–Trinajstić information content (AvgIpc) is 2.70. The van der Waals surface area contributed by atoms with E-state index in [0.29, 0.717) is 12.1 Å². The maximum Gasteiger partial charge on any atom is 0.118 e. The number of methoxy groups -OCH3 is 2. The first-order chi connectivity index (χ1) is 13.0. The summed E-state index contributed by atoms with van der Waals surface area (Å²) in [6.45, 7) is 5.38. The van der Waals surface area contributed by atoms with Crippen LogP contribution in [-0.4, -0.2) is 44.8 Å². The lowest BCUT2D eigenvalue weighted by Crippen LogP contribution is -2.37. The summed E-state index contributed by atoms with van der Waals surface area (Å²) in [6.07, 6.45) is 2.13. The molecule has 2 aromatic carbocycles. The number of ether oxygens (including phenoxy) is 2. The molecule has 0 fully saturated rings. The molecule has 0 spiro atoms. The van der Waals surface area contributed by atoms with Gasteiger partial charge in [0, 0.05) is 12.1 Å². The zero-order valence-corrected chi connectivity index (χ0v) is 17.6. The molecule has 0 aliphatic heterocycles. The molecule has 0 radical (unpaired) electrons. The molecule has 0 N–H and O–H groups in total. The normalized spacial score (nSPS) is 13.6. The van der Waals surface area contributed by atoms with Gasteiger partial charge in [-0.3, -0.25) is 9.80 Å². The van der Waals surface area contributed by atoms with E-state index in [0.717, 1.165) is 31.0 Å². The maximum atomic E-state index is 5.29. The van der Waals surface area contributed by atoms with Gasteiger partial charge in [-0.05, 0) is 62.3 Å². The number of hydrogen-bond donors (Lipinski definition) is 0. The van der Waals surface area contributed by atoms with Crippen LogP contribution in [0.3, 0.4) is 0 Å². The van der Waals surface area contributed by atoms with E-state index in [2.05, 4.69) is 62.0 Å². The van der Waals surface area contributed by atoms with E-state index in [4.69, 9.17) is 9.47 Å². The van der Waals surface area contributed by atoms with Crippen LogP contribution in [0.15, 0.2) is 48.5 Å². The molecule has 27 heavy (non-hydrogen) atoms. The van der Waals surface area contributed by atoms with Gasteiger partial charge >= 0.3 is 0 Å². The van der Waals surface area contributed by atoms with Crippen LogP contribution in [0.5, 0.6) is 11.5 Å². The van der Waals surface area contributed by atoms with Gasteiger partial charge < -0.3 is 9.47 Å². The van der Waals surface area contributed by atoms with Gasteiger partial charge in [0.05, 0.1) is 20.9 Å². The van der Waals surface area contributed by atoms with E-state index in [1.807, 2.05) is 24.3 Å². The molecule has 0 aliphatic carbocycles. The third kappa shape index (κ3) is 5.47. The fraction of sp³-hybridized carbons (Fsp3) is 0.478. The van der Waals surface area contributed by atoms with Crippen molar-refractivity contribution in [2.45, 2.75) is 38.8 Å². The van der Waals surface area contributed by atoms with Gasteiger partial charge in [-0.25, -0.2) is 0 Å². The maximum absolute atomic E-state index is 5.29. The standard InChI is InChI=1S/C23H34N2O2/c1-7-22(18-9-13-20(26-5)14-10-18)24(3)17-25(4)23(8-2)19-11-15-21(27-6)16-12-19/h9-16,22-23H,7-8,17H2,1-6H3. The molecule has 0 bridgehead atoms. The highest BCUT2D eigenvalue weighted by Crippen LogP contribution is 2.28. The van der Waals surface area contributed by atoms with Crippen LogP contribution >= 0.6 is 0 Å². The molecular formula is C23H34N2O2. The van der Waals surface area contributed by atoms with E-state index in [1.165, 1.54) is 11.1 Å². The Labute approximate surface area is 164 Å². The Kier molecular flexibility index (Phi) is 8.14. The van der Waals surface area contributed by atoms with Crippen molar-refractivity contribution >= 4 is 0 Å². The molecule has 0 amide bonds. The third-order valence-corrected chi connectivity index (χ3v) is 5.28. The highest BCUT2D eigenvalue weighted by molar-refractivity contribution is 5.30. The van der Waals surface area contributed by atoms with Crippen molar-refractivity contribution in [2.75, 3.05) is 35.0 Å². The third-order valence-electron chi connectivity index (χ3n) is 5.28. The van der Waals surface area contributed by atoms with Crippen LogP contribution in [-0.2, 0) is 0 Å². The lowest BCUT2D eigenvalue weighted by atomic mass is 10.0. The quantitative estimate of drug-likeness (QED) is 0.542. The Morgan fingerprint density at radius 2 is 1.00 bits per heavy atom. The molecule has 2 rings (SSSR count). The van der Waals surface area contributed by atoms with Crippen molar-refractivity contribution in [3.05, 3.63) is 59.7 Å². The van der Waals surface area contributed by atoms with Crippen LogP contribution in [0.1, 0.15) is 49.9 Å². The zero-order valence-electron chi connectivity index (χ0n) is 17.6. The van der Waals surface area contributed by atoms with Crippen molar-refractivity contribution in [1.82, 2.24) is 9.80 Å². The van der Waals surface area contributed by atoms with Gasteiger partial charge in [0.15, 0.2) is 0 Å². The van der Waals surface area contributed by atoms with E-state index < -0.39 is 0 Å². The summed E-state index contributed by atoms with van der Waals surface area (Å²) in [4.78, 5) is 4.85. The lowest BCUT2D eigenvalue weighted by molar-refractivity contribution is 0.101. The largest absolute Gasteiger partial charge is 0.497 e. The Bertz CT molecular complexity index is 610. The average molecular weight is 371 g/mol. The first kappa shape index (κ1) is 21.3. The Hall–Kier alpha value is -2.04. The molecule has 0 saturated heterocycles. The molecule has 0 saturated carbocycles. The van der Waals surface area contributed by atoms with Crippen LogP contribution in [0.4, 0.5) is 0 Å². The predicted molar refractivity (Wildman–Crippen MR) is 112 cm³/mol. The first-order valence-electron chi connectivity index (χ1n) is 9.72. The summed E-state index contributed by atoms with van der Waals surface area (Å²) in [5.41, 5.74) is 2.65. The van der Waals surface area contributed by atoms with E-state index >= 15 is 0 Å². The summed E-state index contributed by atoms with van der Waals surface area (Å²) in [5, 5.41) is 0.